The molecule has 5 nitrogen and oxygen atoms in total. The molecule has 0 amide bonds. The second-order valence-corrected chi connectivity index (χ2v) is 6.69. The van der Waals surface area contributed by atoms with Crippen molar-refractivity contribution in [1.29, 1.82) is 0 Å². The van der Waals surface area contributed by atoms with Crippen LogP contribution < -0.4 is 4.90 Å². The standard InChI is InChI=1S/C18H19N5S/c1-3-20-18(21-4-1)23-7-5-22(6-8-23)13-15-10-17(12-19-11-15)16-2-9-24-14-16/h1-4,9-12,14H,5-8,13H2. The van der Waals surface area contributed by atoms with Gasteiger partial charge in [0.15, 0.2) is 0 Å². The molecule has 1 aliphatic heterocycles. The highest BCUT2D eigenvalue weighted by atomic mass is 32.1. The summed E-state index contributed by atoms with van der Waals surface area (Å²) in [5, 5.41) is 4.27. The van der Waals surface area contributed by atoms with E-state index in [1.54, 1.807) is 23.7 Å². The van der Waals surface area contributed by atoms with Crippen LogP contribution in [0.2, 0.25) is 0 Å². The van der Waals surface area contributed by atoms with Gasteiger partial charge < -0.3 is 4.90 Å². The number of anilines is 1. The summed E-state index contributed by atoms with van der Waals surface area (Å²) < 4.78 is 0. The highest BCUT2D eigenvalue weighted by Crippen LogP contribution is 2.22. The van der Waals surface area contributed by atoms with Gasteiger partial charge >= 0.3 is 0 Å². The van der Waals surface area contributed by atoms with Crippen molar-refractivity contribution in [2.24, 2.45) is 0 Å². The minimum Gasteiger partial charge on any atom is -0.338 e. The third-order valence-electron chi connectivity index (χ3n) is 4.26. The number of rotatable bonds is 4. The van der Waals surface area contributed by atoms with Crippen LogP contribution in [0.25, 0.3) is 11.1 Å². The number of thiophene rings is 1. The van der Waals surface area contributed by atoms with Gasteiger partial charge in [-0.2, -0.15) is 11.3 Å². The smallest absolute Gasteiger partial charge is 0.225 e. The Kier molecular flexibility index (Phi) is 4.49. The van der Waals surface area contributed by atoms with E-state index in [-0.39, 0.29) is 0 Å². The van der Waals surface area contributed by atoms with E-state index in [1.807, 2.05) is 18.5 Å². The SMILES string of the molecule is c1cnc(N2CCN(Cc3cncc(-c4ccsc4)c3)CC2)nc1. The summed E-state index contributed by atoms with van der Waals surface area (Å²) in [4.78, 5) is 17.8. The summed E-state index contributed by atoms with van der Waals surface area (Å²) in [5.41, 5.74) is 3.72. The first-order valence-corrected chi connectivity index (χ1v) is 9.03. The predicted molar refractivity (Wildman–Crippen MR) is 97.1 cm³/mol. The molecule has 0 spiro atoms. The van der Waals surface area contributed by atoms with Crippen LogP contribution in [0.15, 0.2) is 53.7 Å². The fourth-order valence-corrected chi connectivity index (χ4v) is 3.64. The van der Waals surface area contributed by atoms with E-state index in [1.165, 1.54) is 16.7 Å². The van der Waals surface area contributed by atoms with Crippen molar-refractivity contribution in [2.45, 2.75) is 6.54 Å². The Morgan fingerprint density at radius 1 is 1.00 bits per heavy atom. The molecule has 0 unspecified atom stereocenters. The number of pyridine rings is 1. The lowest BCUT2D eigenvalue weighted by Crippen LogP contribution is -2.46. The Morgan fingerprint density at radius 3 is 2.58 bits per heavy atom. The fraction of sp³-hybridized carbons (Fsp3) is 0.278. The molecule has 3 aromatic heterocycles. The molecular formula is C18H19N5S. The third kappa shape index (κ3) is 3.44. The van der Waals surface area contributed by atoms with Crippen molar-refractivity contribution in [3.8, 4) is 11.1 Å². The molecular weight excluding hydrogens is 318 g/mol. The first-order valence-electron chi connectivity index (χ1n) is 8.09. The number of hydrogen-bond donors (Lipinski definition) is 0. The van der Waals surface area contributed by atoms with Crippen LogP contribution in [0, 0.1) is 0 Å². The zero-order chi connectivity index (χ0) is 16.2. The number of nitrogens with zero attached hydrogens (tertiary/aromatic N) is 5. The molecule has 4 heterocycles. The number of aromatic nitrogens is 3. The predicted octanol–water partition coefficient (Wildman–Crippen LogP) is 2.92. The Balaban J connectivity index is 1.38. The summed E-state index contributed by atoms with van der Waals surface area (Å²) in [6.07, 6.45) is 7.52. The first-order chi connectivity index (χ1) is 11.9. The van der Waals surface area contributed by atoms with Crippen molar-refractivity contribution in [1.82, 2.24) is 19.9 Å². The number of hydrogen-bond acceptors (Lipinski definition) is 6. The van der Waals surface area contributed by atoms with Gasteiger partial charge in [-0.3, -0.25) is 9.88 Å². The monoisotopic (exact) mass is 337 g/mol. The molecule has 1 aliphatic rings. The maximum atomic E-state index is 4.42. The van der Waals surface area contributed by atoms with Gasteiger partial charge in [-0.1, -0.05) is 0 Å². The van der Waals surface area contributed by atoms with Crippen LogP contribution in [-0.2, 0) is 6.54 Å². The quantitative estimate of drug-likeness (QED) is 0.732. The second-order valence-electron chi connectivity index (χ2n) is 5.91. The van der Waals surface area contributed by atoms with Crippen molar-refractivity contribution in [2.75, 3.05) is 31.1 Å². The van der Waals surface area contributed by atoms with Gasteiger partial charge in [-0.25, -0.2) is 9.97 Å². The highest BCUT2D eigenvalue weighted by Gasteiger charge is 2.18. The van der Waals surface area contributed by atoms with Crippen LogP contribution >= 0.6 is 11.3 Å². The minimum atomic E-state index is 0.832. The molecule has 1 saturated heterocycles. The van der Waals surface area contributed by atoms with Crippen molar-refractivity contribution in [3.05, 3.63) is 59.3 Å². The molecule has 0 radical (unpaired) electrons. The Morgan fingerprint density at radius 2 is 1.83 bits per heavy atom. The van der Waals surface area contributed by atoms with E-state index in [2.05, 4.69) is 47.6 Å². The van der Waals surface area contributed by atoms with E-state index in [0.717, 1.165) is 38.7 Å². The molecule has 0 N–H and O–H groups in total. The molecule has 0 aliphatic carbocycles. The normalized spacial score (nSPS) is 15.6. The zero-order valence-corrected chi connectivity index (χ0v) is 14.2. The molecule has 0 atom stereocenters. The maximum Gasteiger partial charge on any atom is 0.225 e. The van der Waals surface area contributed by atoms with Crippen molar-refractivity contribution in [3.63, 3.8) is 0 Å². The third-order valence-corrected chi connectivity index (χ3v) is 4.95. The van der Waals surface area contributed by atoms with Crippen molar-refractivity contribution < 1.29 is 0 Å². The summed E-state index contributed by atoms with van der Waals surface area (Å²) in [6.45, 7) is 4.89. The van der Waals surface area contributed by atoms with Gasteiger partial charge in [0.05, 0.1) is 0 Å². The van der Waals surface area contributed by atoms with E-state index in [0.29, 0.717) is 0 Å². The van der Waals surface area contributed by atoms with Crippen LogP contribution in [0.1, 0.15) is 5.56 Å². The average Bonchev–Trinajstić information content (AvgIpc) is 3.18. The maximum absolute atomic E-state index is 4.42. The minimum absolute atomic E-state index is 0.832. The summed E-state index contributed by atoms with van der Waals surface area (Å²) in [5.74, 6) is 0.832. The molecule has 3 aromatic rings. The molecule has 0 bridgehead atoms. The number of piperazine rings is 1. The van der Waals surface area contributed by atoms with Gasteiger partial charge in [-0.05, 0) is 40.1 Å². The fourth-order valence-electron chi connectivity index (χ4n) is 2.98. The second kappa shape index (κ2) is 7.07. The lowest BCUT2D eigenvalue weighted by Gasteiger charge is -2.34. The molecule has 4 rings (SSSR count). The van der Waals surface area contributed by atoms with E-state index in [4.69, 9.17) is 0 Å². The Labute approximate surface area is 145 Å². The molecule has 1 fully saturated rings. The van der Waals surface area contributed by atoms with Gasteiger partial charge in [0.25, 0.3) is 0 Å². The van der Waals surface area contributed by atoms with Crippen LogP contribution in [0.3, 0.4) is 0 Å². The molecule has 6 heteroatoms. The lowest BCUT2D eigenvalue weighted by atomic mass is 10.1. The van der Waals surface area contributed by atoms with Crippen LogP contribution in [0.5, 0.6) is 0 Å². The molecule has 0 aromatic carbocycles. The van der Waals surface area contributed by atoms with Gasteiger partial charge in [0, 0.05) is 63.1 Å². The molecule has 0 saturated carbocycles. The van der Waals surface area contributed by atoms with Gasteiger partial charge in [-0.15, -0.1) is 0 Å². The lowest BCUT2D eigenvalue weighted by molar-refractivity contribution is 0.248. The Bertz CT molecular complexity index is 767. The van der Waals surface area contributed by atoms with Gasteiger partial charge in [0.2, 0.25) is 5.95 Å². The Hall–Kier alpha value is -2.31. The topological polar surface area (TPSA) is 45.2 Å². The highest BCUT2D eigenvalue weighted by molar-refractivity contribution is 7.08. The van der Waals surface area contributed by atoms with Crippen LogP contribution in [0.4, 0.5) is 5.95 Å². The molecule has 24 heavy (non-hydrogen) atoms. The summed E-state index contributed by atoms with van der Waals surface area (Å²) >= 11 is 1.72. The summed E-state index contributed by atoms with van der Waals surface area (Å²) in [6, 6.07) is 6.25. The van der Waals surface area contributed by atoms with E-state index in [9.17, 15) is 0 Å². The van der Waals surface area contributed by atoms with E-state index >= 15 is 0 Å². The largest absolute Gasteiger partial charge is 0.338 e. The van der Waals surface area contributed by atoms with E-state index < -0.39 is 0 Å². The average molecular weight is 337 g/mol. The zero-order valence-electron chi connectivity index (χ0n) is 13.4. The summed E-state index contributed by atoms with van der Waals surface area (Å²) in [7, 11) is 0. The van der Waals surface area contributed by atoms with Crippen molar-refractivity contribution >= 4 is 17.3 Å². The molecule has 122 valence electrons. The first kappa shape index (κ1) is 15.2. The van der Waals surface area contributed by atoms with Gasteiger partial charge in [0.1, 0.15) is 0 Å². The van der Waals surface area contributed by atoms with Crippen LogP contribution in [-0.4, -0.2) is 46.0 Å².